The zero-order valence-electron chi connectivity index (χ0n) is 17.2. The normalized spacial score (nSPS) is 13.5. The summed E-state index contributed by atoms with van der Waals surface area (Å²) in [5.41, 5.74) is 3.07. The molecular weight excluding hydrogens is 380 g/mol. The molecule has 0 unspecified atom stereocenters. The van der Waals surface area contributed by atoms with Crippen molar-refractivity contribution in [1.29, 1.82) is 0 Å². The Labute approximate surface area is 174 Å². The lowest BCUT2D eigenvalue weighted by Gasteiger charge is -2.11. The van der Waals surface area contributed by atoms with E-state index in [4.69, 9.17) is 4.74 Å². The van der Waals surface area contributed by atoms with Crippen LogP contribution in [0.3, 0.4) is 0 Å². The monoisotopic (exact) mass is 404 g/mol. The van der Waals surface area contributed by atoms with E-state index in [1.54, 1.807) is 28.8 Å². The molecule has 0 atom stereocenters. The molecule has 0 N–H and O–H groups in total. The number of fused-ring (bicyclic) bond motifs is 2. The van der Waals surface area contributed by atoms with E-state index >= 15 is 0 Å². The third-order valence-electron chi connectivity index (χ3n) is 5.58. The van der Waals surface area contributed by atoms with Crippen LogP contribution in [-0.2, 0) is 17.7 Å². The van der Waals surface area contributed by atoms with Gasteiger partial charge < -0.3 is 4.74 Å². The molecule has 0 amide bonds. The summed E-state index contributed by atoms with van der Waals surface area (Å²) in [6.07, 6.45) is 3.80. The first-order valence-corrected chi connectivity index (χ1v) is 10.2. The van der Waals surface area contributed by atoms with E-state index in [9.17, 15) is 14.4 Å². The van der Waals surface area contributed by atoms with Gasteiger partial charge in [-0.3, -0.25) is 14.2 Å². The van der Waals surface area contributed by atoms with E-state index in [1.165, 1.54) is 0 Å². The number of nitrogens with zero attached hydrogens (tertiary/aromatic N) is 2. The molecule has 2 aromatic carbocycles. The topological polar surface area (TPSA) is 78.3 Å². The van der Waals surface area contributed by atoms with Crippen LogP contribution < -0.4 is 5.56 Å². The molecule has 1 aromatic heterocycles. The molecule has 1 aliphatic heterocycles. The molecule has 4 rings (SSSR count). The van der Waals surface area contributed by atoms with E-state index in [-0.39, 0.29) is 23.5 Å². The van der Waals surface area contributed by atoms with Crippen molar-refractivity contribution < 1.29 is 14.3 Å². The maximum absolute atomic E-state index is 12.8. The van der Waals surface area contributed by atoms with E-state index in [0.717, 1.165) is 42.6 Å². The maximum atomic E-state index is 12.8. The van der Waals surface area contributed by atoms with Gasteiger partial charge in [-0.2, -0.15) is 0 Å². The van der Waals surface area contributed by atoms with Gasteiger partial charge in [0.1, 0.15) is 5.82 Å². The van der Waals surface area contributed by atoms with Gasteiger partial charge >= 0.3 is 5.97 Å². The van der Waals surface area contributed by atoms with Gasteiger partial charge in [-0.05, 0) is 56.5 Å². The van der Waals surface area contributed by atoms with Crippen LogP contribution in [0.5, 0.6) is 0 Å². The van der Waals surface area contributed by atoms with E-state index in [0.29, 0.717) is 23.0 Å². The number of aromatic nitrogens is 2. The number of benzene rings is 2. The van der Waals surface area contributed by atoms with Crippen molar-refractivity contribution in [2.45, 2.75) is 46.1 Å². The third kappa shape index (κ3) is 3.90. The molecule has 0 aliphatic carbocycles. The van der Waals surface area contributed by atoms with Gasteiger partial charge in [-0.25, -0.2) is 9.78 Å². The minimum Gasteiger partial charge on any atom is -0.454 e. The Kier molecular flexibility index (Phi) is 5.48. The standard InChI is InChI=1S/C24H24N2O4/c1-15-7-8-16(2)19(12-15)21(27)14-30-24(29)17-9-10-18-20(13-17)25-22-6-4-3-5-11-26(22)23(18)28/h7-10,12-13H,3-6,11,14H2,1-2H3. The molecule has 3 aromatic rings. The van der Waals surface area contributed by atoms with Gasteiger partial charge in [0.25, 0.3) is 5.56 Å². The van der Waals surface area contributed by atoms with Crippen LogP contribution in [0.2, 0.25) is 0 Å². The maximum Gasteiger partial charge on any atom is 0.338 e. The van der Waals surface area contributed by atoms with Crippen LogP contribution in [0.25, 0.3) is 10.9 Å². The van der Waals surface area contributed by atoms with Gasteiger partial charge in [-0.15, -0.1) is 0 Å². The third-order valence-corrected chi connectivity index (χ3v) is 5.58. The largest absolute Gasteiger partial charge is 0.454 e. The summed E-state index contributed by atoms with van der Waals surface area (Å²) in [6.45, 7) is 4.11. The Morgan fingerprint density at radius 2 is 1.90 bits per heavy atom. The number of ether oxygens (including phenoxy) is 1. The quantitative estimate of drug-likeness (QED) is 0.488. The minimum absolute atomic E-state index is 0.0677. The Morgan fingerprint density at radius 3 is 2.73 bits per heavy atom. The second-order valence-electron chi connectivity index (χ2n) is 7.85. The van der Waals surface area contributed by atoms with Gasteiger partial charge in [-0.1, -0.05) is 24.1 Å². The van der Waals surface area contributed by atoms with Crippen LogP contribution in [0.15, 0.2) is 41.2 Å². The van der Waals surface area contributed by atoms with Gasteiger partial charge in [0.2, 0.25) is 5.78 Å². The first-order chi connectivity index (χ1) is 14.4. The SMILES string of the molecule is Cc1ccc(C)c(C(=O)COC(=O)c2ccc3c(=O)n4c(nc3c2)CCCCC4)c1. The van der Waals surface area contributed by atoms with Crippen LogP contribution in [0.1, 0.15) is 56.9 Å². The lowest BCUT2D eigenvalue weighted by Crippen LogP contribution is -2.24. The van der Waals surface area contributed by atoms with Crippen molar-refractivity contribution in [3.8, 4) is 0 Å². The summed E-state index contributed by atoms with van der Waals surface area (Å²) in [6, 6.07) is 10.4. The van der Waals surface area contributed by atoms with Crippen LogP contribution in [-0.4, -0.2) is 27.9 Å². The number of esters is 1. The molecule has 0 spiro atoms. The van der Waals surface area contributed by atoms with Crippen LogP contribution in [0, 0.1) is 13.8 Å². The number of aryl methyl sites for hydroxylation is 3. The van der Waals surface area contributed by atoms with E-state index in [2.05, 4.69) is 4.98 Å². The summed E-state index contributed by atoms with van der Waals surface area (Å²) < 4.78 is 7.00. The molecule has 0 bridgehead atoms. The summed E-state index contributed by atoms with van der Waals surface area (Å²) in [4.78, 5) is 42.4. The molecule has 0 fully saturated rings. The van der Waals surface area contributed by atoms with Crippen LogP contribution in [0.4, 0.5) is 0 Å². The summed E-state index contributed by atoms with van der Waals surface area (Å²) >= 11 is 0. The first kappa shape index (κ1) is 20.0. The fraction of sp³-hybridized carbons (Fsp3) is 0.333. The number of ketones is 1. The number of Topliss-reactive ketones (excluding diaryl/α,β-unsaturated/α-hetero) is 1. The van der Waals surface area contributed by atoms with Gasteiger partial charge in [0.15, 0.2) is 6.61 Å². The van der Waals surface area contributed by atoms with Crippen molar-refractivity contribution in [2.75, 3.05) is 6.61 Å². The van der Waals surface area contributed by atoms with Crippen molar-refractivity contribution in [3.05, 3.63) is 74.8 Å². The Morgan fingerprint density at radius 1 is 1.07 bits per heavy atom. The molecule has 6 heteroatoms. The van der Waals surface area contributed by atoms with Crippen molar-refractivity contribution in [1.82, 2.24) is 9.55 Å². The first-order valence-electron chi connectivity index (χ1n) is 10.2. The van der Waals surface area contributed by atoms with Crippen molar-refractivity contribution >= 4 is 22.7 Å². The highest BCUT2D eigenvalue weighted by Gasteiger charge is 2.17. The smallest absolute Gasteiger partial charge is 0.338 e. The molecule has 30 heavy (non-hydrogen) atoms. The van der Waals surface area contributed by atoms with Gasteiger partial charge in [0.05, 0.1) is 16.5 Å². The second kappa shape index (κ2) is 8.22. The Bertz CT molecular complexity index is 1210. The lowest BCUT2D eigenvalue weighted by atomic mass is 10.0. The van der Waals surface area contributed by atoms with Crippen LogP contribution >= 0.6 is 0 Å². The number of hydrogen-bond acceptors (Lipinski definition) is 5. The molecular formula is C24H24N2O4. The zero-order valence-corrected chi connectivity index (χ0v) is 17.2. The molecule has 154 valence electrons. The molecule has 2 heterocycles. The summed E-state index contributed by atoms with van der Waals surface area (Å²) in [5, 5.41) is 0.490. The molecule has 0 saturated carbocycles. The number of hydrogen-bond donors (Lipinski definition) is 0. The van der Waals surface area contributed by atoms with E-state index in [1.807, 2.05) is 26.0 Å². The van der Waals surface area contributed by atoms with Crippen molar-refractivity contribution in [2.24, 2.45) is 0 Å². The Balaban J connectivity index is 1.55. The molecule has 0 saturated heterocycles. The number of carbonyl (C=O) groups is 2. The highest BCUT2D eigenvalue weighted by Crippen LogP contribution is 2.17. The Hall–Kier alpha value is -3.28. The molecule has 1 aliphatic rings. The fourth-order valence-electron chi connectivity index (χ4n) is 3.87. The minimum atomic E-state index is -0.604. The highest BCUT2D eigenvalue weighted by molar-refractivity contribution is 6.01. The highest BCUT2D eigenvalue weighted by atomic mass is 16.5. The average molecular weight is 404 g/mol. The van der Waals surface area contributed by atoms with E-state index < -0.39 is 5.97 Å². The predicted molar refractivity (Wildman–Crippen MR) is 114 cm³/mol. The second-order valence-corrected chi connectivity index (χ2v) is 7.85. The summed E-state index contributed by atoms with van der Waals surface area (Å²) in [7, 11) is 0. The number of carbonyl (C=O) groups excluding carboxylic acids is 2. The van der Waals surface area contributed by atoms with Gasteiger partial charge in [0, 0.05) is 18.5 Å². The lowest BCUT2D eigenvalue weighted by molar-refractivity contribution is 0.0474. The number of rotatable bonds is 4. The fourth-order valence-corrected chi connectivity index (χ4v) is 3.87. The molecule has 6 nitrogen and oxygen atoms in total. The molecule has 0 radical (unpaired) electrons. The average Bonchev–Trinajstić information content (AvgIpc) is 2.99. The van der Waals surface area contributed by atoms with Crippen molar-refractivity contribution in [3.63, 3.8) is 0 Å². The predicted octanol–water partition coefficient (Wildman–Crippen LogP) is 3.78. The zero-order chi connectivity index (χ0) is 21.3. The summed E-state index contributed by atoms with van der Waals surface area (Å²) in [5.74, 6) is -0.0833.